The molecule has 0 aliphatic carbocycles. The topological polar surface area (TPSA) is 39.7 Å². The Morgan fingerprint density at radius 3 is 2.29 bits per heavy atom. The summed E-state index contributed by atoms with van der Waals surface area (Å²) in [7, 11) is 0. The summed E-state index contributed by atoms with van der Waals surface area (Å²) >= 11 is 1.93. The van der Waals surface area contributed by atoms with E-state index in [0.29, 0.717) is 25.0 Å². The molecule has 1 saturated heterocycles. The summed E-state index contributed by atoms with van der Waals surface area (Å²) in [5.41, 5.74) is 2.44. The van der Waals surface area contributed by atoms with E-state index in [9.17, 15) is 4.39 Å². The summed E-state index contributed by atoms with van der Waals surface area (Å²) in [5.74, 6) is 5.02. The van der Waals surface area contributed by atoms with Gasteiger partial charge in [0.05, 0.1) is 13.2 Å². The van der Waals surface area contributed by atoms with Crippen LogP contribution in [0.5, 0.6) is 23.0 Å². The summed E-state index contributed by atoms with van der Waals surface area (Å²) in [6, 6.07) is 20.8. The van der Waals surface area contributed by atoms with Gasteiger partial charge in [0.1, 0.15) is 28.8 Å². The highest BCUT2D eigenvalue weighted by Gasteiger charge is 2.16. The highest BCUT2D eigenvalue weighted by Crippen LogP contribution is 2.29. The quantitative estimate of drug-likeness (QED) is 0.278. The molecule has 34 heavy (non-hydrogen) atoms. The van der Waals surface area contributed by atoms with Gasteiger partial charge in [-0.3, -0.25) is 0 Å². The van der Waals surface area contributed by atoms with Crippen molar-refractivity contribution >= 4 is 11.8 Å². The molecule has 1 heterocycles. The largest absolute Gasteiger partial charge is 0.494 e. The molecule has 6 heteroatoms. The van der Waals surface area contributed by atoms with Crippen molar-refractivity contribution in [1.29, 1.82) is 0 Å². The van der Waals surface area contributed by atoms with E-state index < -0.39 is 0 Å². The van der Waals surface area contributed by atoms with Gasteiger partial charge in [-0.05, 0) is 85.0 Å². The molecule has 0 amide bonds. The third-order valence-corrected chi connectivity index (χ3v) is 6.60. The molecule has 0 radical (unpaired) electrons. The molecule has 1 aliphatic heterocycles. The molecular formula is C28H32FNO3S. The maximum Gasteiger partial charge on any atom is 0.127 e. The molecule has 0 bridgehead atoms. The summed E-state index contributed by atoms with van der Waals surface area (Å²) in [6.45, 7) is 3.46. The Balaban J connectivity index is 1.20. The van der Waals surface area contributed by atoms with Crippen molar-refractivity contribution in [1.82, 2.24) is 5.32 Å². The van der Waals surface area contributed by atoms with Gasteiger partial charge >= 0.3 is 0 Å². The van der Waals surface area contributed by atoms with Crippen LogP contribution >= 0.6 is 11.8 Å². The van der Waals surface area contributed by atoms with Crippen LogP contribution in [0.2, 0.25) is 0 Å². The first kappa shape index (κ1) is 24.4. The minimum absolute atomic E-state index is 0.276. The van der Waals surface area contributed by atoms with Gasteiger partial charge in [-0.1, -0.05) is 25.5 Å². The highest BCUT2D eigenvalue weighted by molar-refractivity contribution is 7.99. The first-order chi connectivity index (χ1) is 16.7. The number of nitrogens with one attached hydrogen (secondary N) is 1. The SMILES string of the molecule is CCCc1cc(Oc2ccc(F)cc2)ccc1OCCCCOc1ccc(C2CSCN2)cc1. The van der Waals surface area contributed by atoms with Crippen LogP contribution in [0.3, 0.4) is 0 Å². The van der Waals surface area contributed by atoms with Crippen molar-refractivity contribution in [3.05, 3.63) is 83.7 Å². The molecule has 1 atom stereocenters. The number of hydrogen-bond acceptors (Lipinski definition) is 5. The third kappa shape index (κ3) is 7.15. The number of ether oxygens (including phenoxy) is 3. The predicted molar refractivity (Wildman–Crippen MR) is 137 cm³/mol. The molecule has 180 valence electrons. The van der Waals surface area contributed by atoms with Gasteiger partial charge in [0, 0.05) is 17.7 Å². The van der Waals surface area contributed by atoms with Crippen molar-refractivity contribution in [2.24, 2.45) is 0 Å². The number of benzene rings is 3. The lowest BCUT2D eigenvalue weighted by Gasteiger charge is -2.14. The van der Waals surface area contributed by atoms with Gasteiger partial charge in [0.15, 0.2) is 0 Å². The lowest BCUT2D eigenvalue weighted by atomic mass is 10.1. The molecule has 3 aromatic rings. The van der Waals surface area contributed by atoms with Crippen molar-refractivity contribution < 1.29 is 18.6 Å². The van der Waals surface area contributed by atoms with E-state index >= 15 is 0 Å². The lowest BCUT2D eigenvalue weighted by Crippen LogP contribution is -2.14. The molecule has 3 aromatic carbocycles. The zero-order valence-corrected chi connectivity index (χ0v) is 20.4. The third-order valence-electron chi connectivity index (χ3n) is 5.66. The zero-order valence-electron chi connectivity index (χ0n) is 19.6. The monoisotopic (exact) mass is 481 g/mol. The first-order valence-corrected chi connectivity index (χ1v) is 13.1. The number of aryl methyl sites for hydroxylation is 1. The van der Waals surface area contributed by atoms with E-state index in [-0.39, 0.29) is 5.82 Å². The number of thioether (sulfide) groups is 1. The van der Waals surface area contributed by atoms with Crippen molar-refractivity contribution in [2.45, 2.75) is 38.6 Å². The maximum absolute atomic E-state index is 13.1. The van der Waals surface area contributed by atoms with Crippen LogP contribution in [0.4, 0.5) is 4.39 Å². The van der Waals surface area contributed by atoms with E-state index in [1.807, 2.05) is 30.0 Å². The molecule has 0 spiro atoms. The highest BCUT2D eigenvalue weighted by atomic mass is 32.2. The summed E-state index contributed by atoms with van der Waals surface area (Å²) in [6.07, 6.45) is 3.76. The van der Waals surface area contributed by atoms with E-state index in [1.165, 1.54) is 17.7 Å². The lowest BCUT2D eigenvalue weighted by molar-refractivity contribution is 0.265. The van der Waals surface area contributed by atoms with Gasteiger partial charge in [0.2, 0.25) is 0 Å². The average Bonchev–Trinajstić information content (AvgIpc) is 3.40. The molecule has 4 rings (SSSR count). The summed E-state index contributed by atoms with van der Waals surface area (Å²) < 4.78 is 30.9. The second kappa shape index (κ2) is 12.7. The number of unbranched alkanes of at least 4 members (excludes halogenated alkanes) is 1. The molecule has 1 fully saturated rings. The molecule has 0 aromatic heterocycles. The van der Waals surface area contributed by atoms with Gasteiger partial charge in [-0.25, -0.2) is 4.39 Å². The minimum atomic E-state index is -0.276. The Morgan fingerprint density at radius 1 is 0.882 bits per heavy atom. The summed E-state index contributed by atoms with van der Waals surface area (Å²) in [4.78, 5) is 0. The Labute approximate surface area is 205 Å². The first-order valence-electron chi connectivity index (χ1n) is 11.9. The molecule has 1 N–H and O–H groups in total. The minimum Gasteiger partial charge on any atom is -0.494 e. The number of halogens is 1. The van der Waals surface area contributed by atoms with Crippen molar-refractivity contribution in [2.75, 3.05) is 24.8 Å². The Kier molecular flexibility index (Phi) is 9.11. The van der Waals surface area contributed by atoms with E-state index in [1.54, 1.807) is 12.1 Å². The summed E-state index contributed by atoms with van der Waals surface area (Å²) in [5, 5.41) is 3.49. The van der Waals surface area contributed by atoms with Crippen LogP contribution in [0.25, 0.3) is 0 Å². The Bertz CT molecular complexity index is 1020. The van der Waals surface area contributed by atoms with Crippen molar-refractivity contribution in [3.63, 3.8) is 0 Å². The maximum atomic E-state index is 13.1. The van der Waals surface area contributed by atoms with Crippen LogP contribution < -0.4 is 19.5 Å². The number of rotatable bonds is 12. The molecular weight excluding hydrogens is 449 g/mol. The van der Waals surface area contributed by atoms with Crippen LogP contribution in [0.15, 0.2) is 66.7 Å². The van der Waals surface area contributed by atoms with E-state index in [0.717, 1.165) is 60.1 Å². The predicted octanol–water partition coefficient (Wildman–Crippen LogP) is 7.14. The average molecular weight is 482 g/mol. The zero-order chi connectivity index (χ0) is 23.6. The Hall–Kier alpha value is -2.70. The fourth-order valence-corrected chi connectivity index (χ4v) is 4.83. The number of hydrogen-bond donors (Lipinski definition) is 1. The van der Waals surface area contributed by atoms with Gasteiger partial charge in [-0.15, -0.1) is 11.8 Å². The van der Waals surface area contributed by atoms with E-state index in [2.05, 4.69) is 36.5 Å². The van der Waals surface area contributed by atoms with Crippen LogP contribution in [0, 0.1) is 5.82 Å². The fourth-order valence-electron chi connectivity index (χ4n) is 3.85. The fraction of sp³-hybridized carbons (Fsp3) is 0.357. The second-order valence-corrected chi connectivity index (χ2v) is 9.35. The molecule has 0 saturated carbocycles. The second-order valence-electron chi connectivity index (χ2n) is 8.32. The Morgan fingerprint density at radius 2 is 1.59 bits per heavy atom. The normalized spacial score (nSPS) is 15.3. The molecule has 1 unspecified atom stereocenters. The van der Waals surface area contributed by atoms with Gasteiger partial charge < -0.3 is 19.5 Å². The van der Waals surface area contributed by atoms with Crippen LogP contribution in [-0.2, 0) is 6.42 Å². The molecule has 4 nitrogen and oxygen atoms in total. The smallest absolute Gasteiger partial charge is 0.127 e. The molecule has 1 aliphatic rings. The standard InChI is InChI=1S/C28H32FNO3S/c1-2-5-22-18-26(33-25-12-8-23(29)9-13-25)14-15-28(22)32-17-4-3-16-31-24-10-6-21(7-11-24)27-19-34-20-30-27/h6-15,18,27,30H,2-5,16-17,19-20H2,1H3. The van der Waals surface area contributed by atoms with E-state index in [4.69, 9.17) is 14.2 Å². The van der Waals surface area contributed by atoms with Gasteiger partial charge in [0.25, 0.3) is 0 Å². The van der Waals surface area contributed by atoms with Gasteiger partial charge in [-0.2, -0.15) is 0 Å². The van der Waals surface area contributed by atoms with Crippen LogP contribution in [0.1, 0.15) is 43.4 Å². The van der Waals surface area contributed by atoms with Crippen molar-refractivity contribution in [3.8, 4) is 23.0 Å². The van der Waals surface area contributed by atoms with Crippen LogP contribution in [-0.4, -0.2) is 24.8 Å².